The van der Waals surface area contributed by atoms with E-state index in [1.807, 2.05) is 25.1 Å². The van der Waals surface area contributed by atoms with Crippen molar-refractivity contribution in [1.29, 1.82) is 0 Å². The molecule has 0 saturated carbocycles. The topological polar surface area (TPSA) is 75.2 Å². The molecular formula is C21H19ClN4O2S. The molecule has 0 spiro atoms. The highest BCUT2D eigenvalue weighted by atomic mass is 35.5. The summed E-state index contributed by atoms with van der Waals surface area (Å²) >= 11 is 7.16. The van der Waals surface area contributed by atoms with Gasteiger partial charge in [-0.05, 0) is 61.4 Å². The van der Waals surface area contributed by atoms with Crippen molar-refractivity contribution in [3.8, 4) is 0 Å². The van der Waals surface area contributed by atoms with Crippen LogP contribution in [0.3, 0.4) is 0 Å². The molecule has 1 N–H and O–H groups in total. The third-order valence-electron chi connectivity index (χ3n) is 5.04. The largest absolute Gasteiger partial charge is 0.312 e. The molecule has 0 bridgehead atoms. The van der Waals surface area contributed by atoms with E-state index in [2.05, 4.69) is 22.4 Å². The quantitative estimate of drug-likeness (QED) is 0.662. The molecule has 0 radical (unpaired) electrons. The highest BCUT2D eigenvalue weighted by molar-refractivity contribution is 7.15. The lowest BCUT2D eigenvalue weighted by Crippen LogP contribution is -2.24. The Morgan fingerprint density at radius 1 is 1.14 bits per heavy atom. The van der Waals surface area contributed by atoms with E-state index in [9.17, 15) is 9.59 Å². The van der Waals surface area contributed by atoms with Crippen molar-refractivity contribution in [2.45, 2.75) is 26.2 Å². The molecule has 4 rings (SSSR count). The van der Waals surface area contributed by atoms with Crippen LogP contribution in [0.4, 0.5) is 10.8 Å². The summed E-state index contributed by atoms with van der Waals surface area (Å²) in [7, 11) is 0. The van der Waals surface area contributed by atoms with E-state index in [0.29, 0.717) is 28.7 Å². The second kappa shape index (κ2) is 7.93. The standard InChI is InChI=1S/C21H19ClN4O2S/c1-12-3-8-17(9-13(12)2)26-11-15(10-18(26)27)20-24-25-21(29-20)23-19(28)14-4-6-16(22)7-5-14/h3-9,15H,10-11H2,1-2H3,(H,23,25,28)/t15-/m0/s1. The van der Waals surface area contributed by atoms with Gasteiger partial charge in [-0.15, -0.1) is 10.2 Å². The van der Waals surface area contributed by atoms with Crippen LogP contribution < -0.4 is 10.2 Å². The van der Waals surface area contributed by atoms with Gasteiger partial charge in [0.1, 0.15) is 5.01 Å². The maximum atomic E-state index is 12.6. The van der Waals surface area contributed by atoms with Crippen molar-refractivity contribution in [2.24, 2.45) is 0 Å². The van der Waals surface area contributed by atoms with Crippen molar-refractivity contribution in [3.05, 3.63) is 69.2 Å². The number of hydrogen-bond acceptors (Lipinski definition) is 5. The van der Waals surface area contributed by atoms with Crippen molar-refractivity contribution >= 4 is 45.6 Å². The summed E-state index contributed by atoms with van der Waals surface area (Å²) in [5.41, 5.74) is 3.74. The SMILES string of the molecule is Cc1ccc(N2C[C@@H](c3nnc(NC(=O)c4ccc(Cl)cc4)s3)CC2=O)cc1C. The second-order valence-electron chi connectivity index (χ2n) is 7.08. The molecule has 1 atom stereocenters. The van der Waals surface area contributed by atoms with Gasteiger partial charge in [0.2, 0.25) is 11.0 Å². The van der Waals surface area contributed by atoms with Crippen LogP contribution in [-0.4, -0.2) is 28.6 Å². The first-order valence-electron chi connectivity index (χ1n) is 9.18. The lowest BCUT2D eigenvalue weighted by atomic mass is 10.1. The maximum Gasteiger partial charge on any atom is 0.257 e. The van der Waals surface area contributed by atoms with Crippen LogP contribution in [0.15, 0.2) is 42.5 Å². The first kappa shape index (κ1) is 19.5. The Balaban J connectivity index is 1.45. The first-order chi connectivity index (χ1) is 13.9. The first-order valence-corrected chi connectivity index (χ1v) is 10.4. The van der Waals surface area contributed by atoms with E-state index in [0.717, 1.165) is 16.3 Å². The predicted molar refractivity (Wildman–Crippen MR) is 115 cm³/mol. The summed E-state index contributed by atoms with van der Waals surface area (Å²) in [5.74, 6) is -0.244. The number of nitrogens with zero attached hydrogens (tertiary/aromatic N) is 3. The highest BCUT2D eigenvalue weighted by Gasteiger charge is 2.34. The maximum absolute atomic E-state index is 12.6. The van der Waals surface area contributed by atoms with E-state index in [-0.39, 0.29) is 17.7 Å². The smallest absolute Gasteiger partial charge is 0.257 e. The van der Waals surface area contributed by atoms with Crippen LogP contribution in [0, 0.1) is 13.8 Å². The summed E-state index contributed by atoms with van der Waals surface area (Å²) in [5, 5.41) is 12.8. The summed E-state index contributed by atoms with van der Waals surface area (Å²) < 4.78 is 0. The minimum absolute atomic E-state index is 0.0391. The second-order valence-corrected chi connectivity index (χ2v) is 8.53. The van der Waals surface area contributed by atoms with Gasteiger partial charge in [0.15, 0.2) is 0 Å². The predicted octanol–water partition coefficient (Wildman–Crippen LogP) is 4.58. The molecule has 2 amide bonds. The van der Waals surface area contributed by atoms with Crippen molar-refractivity contribution in [1.82, 2.24) is 10.2 Å². The molecule has 1 saturated heterocycles. The Bertz CT molecular complexity index is 1080. The minimum atomic E-state index is -0.274. The molecule has 1 aliphatic rings. The number of halogens is 1. The zero-order valence-electron chi connectivity index (χ0n) is 16.0. The van der Waals surface area contributed by atoms with Crippen molar-refractivity contribution < 1.29 is 9.59 Å². The lowest BCUT2D eigenvalue weighted by Gasteiger charge is -2.17. The van der Waals surface area contributed by atoms with E-state index in [4.69, 9.17) is 11.6 Å². The molecular weight excluding hydrogens is 408 g/mol. The zero-order valence-corrected chi connectivity index (χ0v) is 17.5. The van der Waals surface area contributed by atoms with Crippen LogP contribution in [0.5, 0.6) is 0 Å². The molecule has 29 heavy (non-hydrogen) atoms. The summed E-state index contributed by atoms with van der Waals surface area (Å²) in [4.78, 5) is 26.7. The highest BCUT2D eigenvalue weighted by Crippen LogP contribution is 2.34. The van der Waals surface area contributed by atoms with Crippen LogP contribution in [0.1, 0.15) is 38.8 Å². The summed E-state index contributed by atoms with van der Waals surface area (Å²) in [6.07, 6.45) is 0.382. The molecule has 0 aliphatic carbocycles. The fourth-order valence-electron chi connectivity index (χ4n) is 3.24. The number of aryl methyl sites for hydroxylation is 2. The summed E-state index contributed by atoms with van der Waals surface area (Å²) in [6, 6.07) is 12.7. The van der Waals surface area contributed by atoms with E-state index in [1.54, 1.807) is 29.2 Å². The van der Waals surface area contributed by atoms with E-state index in [1.165, 1.54) is 16.9 Å². The molecule has 6 nitrogen and oxygen atoms in total. The number of rotatable bonds is 4. The number of anilines is 2. The van der Waals surface area contributed by atoms with Gasteiger partial charge < -0.3 is 4.90 Å². The molecule has 0 unspecified atom stereocenters. The van der Waals surface area contributed by atoms with Crippen LogP contribution in [0.25, 0.3) is 0 Å². The average molecular weight is 427 g/mol. The van der Waals surface area contributed by atoms with Crippen LogP contribution in [0.2, 0.25) is 5.02 Å². The van der Waals surface area contributed by atoms with Gasteiger partial charge in [-0.3, -0.25) is 14.9 Å². The summed E-state index contributed by atoms with van der Waals surface area (Å²) in [6.45, 7) is 4.65. The molecule has 148 valence electrons. The van der Waals surface area contributed by atoms with E-state index >= 15 is 0 Å². The fraction of sp³-hybridized carbons (Fsp3) is 0.238. The number of carbonyl (C=O) groups is 2. The molecule has 8 heteroatoms. The van der Waals surface area contributed by atoms with Gasteiger partial charge in [0.05, 0.1) is 0 Å². The number of aromatic nitrogens is 2. The van der Waals surface area contributed by atoms with Gasteiger partial charge in [0.25, 0.3) is 5.91 Å². The van der Waals surface area contributed by atoms with Crippen molar-refractivity contribution in [3.63, 3.8) is 0 Å². The number of hydrogen-bond donors (Lipinski definition) is 1. The van der Waals surface area contributed by atoms with Gasteiger partial charge in [-0.1, -0.05) is 29.0 Å². The molecule has 2 heterocycles. The van der Waals surface area contributed by atoms with Gasteiger partial charge in [-0.25, -0.2) is 0 Å². The van der Waals surface area contributed by atoms with Crippen LogP contribution >= 0.6 is 22.9 Å². The molecule has 1 aromatic heterocycles. The normalized spacial score (nSPS) is 16.3. The van der Waals surface area contributed by atoms with Gasteiger partial charge in [0, 0.05) is 35.2 Å². The third-order valence-corrected chi connectivity index (χ3v) is 6.30. The molecule has 3 aromatic rings. The Morgan fingerprint density at radius 2 is 1.90 bits per heavy atom. The fourth-order valence-corrected chi connectivity index (χ4v) is 4.19. The van der Waals surface area contributed by atoms with Gasteiger partial charge >= 0.3 is 0 Å². The Kier molecular flexibility index (Phi) is 5.34. The zero-order chi connectivity index (χ0) is 20.5. The average Bonchev–Trinajstić information content (AvgIpc) is 3.31. The van der Waals surface area contributed by atoms with E-state index < -0.39 is 0 Å². The third kappa shape index (κ3) is 4.16. The van der Waals surface area contributed by atoms with Crippen molar-refractivity contribution in [2.75, 3.05) is 16.8 Å². The monoisotopic (exact) mass is 426 g/mol. The number of amides is 2. The molecule has 1 fully saturated rings. The Labute approximate surface area is 177 Å². The Morgan fingerprint density at radius 3 is 2.62 bits per heavy atom. The van der Waals surface area contributed by atoms with Gasteiger partial charge in [-0.2, -0.15) is 0 Å². The number of carbonyl (C=O) groups excluding carboxylic acids is 2. The Hall–Kier alpha value is -2.77. The molecule has 1 aliphatic heterocycles. The molecule has 2 aromatic carbocycles. The minimum Gasteiger partial charge on any atom is -0.312 e. The van der Waals surface area contributed by atoms with Crippen LogP contribution in [-0.2, 0) is 4.79 Å². The lowest BCUT2D eigenvalue weighted by molar-refractivity contribution is -0.117. The number of benzene rings is 2. The number of nitrogens with one attached hydrogen (secondary N) is 1.